The summed E-state index contributed by atoms with van der Waals surface area (Å²) in [6.45, 7) is 2.46. The lowest BCUT2D eigenvalue weighted by Gasteiger charge is -2.18. The Morgan fingerprint density at radius 1 is 1.30 bits per heavy atom. The van der Waals surface area contributed by atoms with Crippen LogP contribution >= 0.6 is 0 Å². The van der Waals surface area contributed by atoms with Crippen molar-refractivity contribution in [3.63, 3.8) is 0 Å². The summed E-state index contributed by atoms with van der Waals surface area (Å²) in [6, 6.07) is 3.81. The SMILES string of the molecule is CCNC(C)c1ccc(F)cc1OCOCC(F)(F)F. The molecular formula is C13H17F4NO2. The van der Waals surface area contributed by atoms with Crippen LogP contribution in [0.4, 0.5) is 17.6 Å². The molecule has 3 nitrogen and oxygen atoms in total. The molecule has 0 aliphatic rings. The molecule has 1 atom stereocenters. The van der Waals surface area contributed by atoms with Gasteiger partial charge in [0.25, 0.3) is 0 Å². The van der Waals surface area contributed by atoms with E-state index < -0.39 is 25.4 Å². The molecule has 0 fully saturated rings. The van der Waals surface area contributed by atoms with Crippen molar-refractivity contribution in [3.8, 4) is 5.75 Å². The fourth-order valence-corrected chi connectivity index (χ4v) is 1.67. The Hall–Kier alpha value is -1.34. The number of nitrogens with one attached hydrogen (secondary N) is 1. The van der Waals surface area contributed by atoms with Crippen molar-refractivity contribution < 1.29 is 27.0 Å². The van der Waals surface area contributed by atoms with Crippen molar-refractivity contribution >= 4 is 0 Å². The van der Waals surface area contributed by atoms with Gasteiger partial charge in [-0.15, -0.1) is 0 Å². The number of alkyl halides is 3. The van der Waals surface area contributed by atoms with Gasteiger partial charge >= 0.3 is 6.18 Å². The van der Waals surface area contributed by atoms with Crippen LogP contribution in [0.1, 0.15) is 25.5 Å². The molecule has 20 heavy (non-hydrogen) atoms. The molecule has 1 rings (SSSR count). The molecule has 0 bridgehead atoms. The summed E-state index contributed by atoms with van der Waals surface area (Å²) in [7, 11) is 0. The molecule has 1 N–H and O–H groups in total. The van der Waals surface area contributed by atoms with E-state index in [1.165, 1.54) is 12.1 Å². The van der Waals surface area contributed by atoms with Crippen LogP contribution in [-0.4, -0.2) is 26.1 Å². The third kappa shape index (κ3) is 5.75. The van der Waals surface area contributed by atoms with E-state index in [-0.39, 0.29) is 11.8 Å². The Morgan fingerprint density at radius 3 is 2.60 bits per heavy atom. The standard InChI is InChI=1S/C13H17F4NO2/c1-3-18-9(2)11-5-4-10(14)6-12(11)20-8-19-7-13(15,16)17/h4-6,9,18H,3,7-8H2,1-2H3. The van der Waals surface area contributed by atoms with Crippen molar-refractivity contribution in [1.82, 2.24) is 5.32 Å². The van der Waals surface area contributed by atoms with Crippen molar-refractivity contribution in [2.24, 2.45) is 0 Å². The molecule has 0 radical (unpaired) electrons. The number of halogens is 4. The van der Waals surface area contributed by atoms with Crippen LogP contribution in [-0.2, 0) is 4.74 Å². The summed E-state index contributed by atoms with van der Waals surface area (Å²) in [5, 5.41) is 3.11. The monoisotopic (exact) mass is 295 g/mol. The molecular weight excluding hydrogens is 278 g/mol. The summed E-state index contributed by atoms with van der Waals surface area (Å²) >= 11 is 0. The van der Waals surface area contributed by atoms with Crippen molar-refractivity contribution in [2.45, 2.75) is 26.1 Å². The quantitative estimate of drug-likeness (QED) is 0.475. The molecule has 1 unspecified atom stereocenters. The summed E-state index contributed by atoms with van der Waals surface area (Å²) < 4.78 is 58.3. The zero-order valence-electron chi connectivity index (χ0n) is 11.3. The summed E-state index contributed by atoms with van der Waals surface area (Å²) in [6.07, 6.45) is -4.41. The van der Waals surface area contributed by atoms with E-state index in [1.54, 1.807) is 0 Å². The lowest BCUT2D eigenvalue weighted by molar-refractivity contribution is -0.186. The molecule has 0 aliphatic heterocycles. The van der Waals surface area contributed by atoms with Crippen molar-refractivity contribution in [1.29, 1.82) is 0 Å². The maximum atomic E-state index is 13.2. The van der Waals surface area contributed by atoms with Crippen LogP contribution < -0.4 is 10.1 Å². The number of hydrogen-bond donors (Lipinski definition) is 1. The zero-order valence-corrected chi connectivity index (χ0v) is 11.3. The fraction of sp³-hybridized carbons (Fsp3) is 0.538. The van der Waals surface area contributed by atoms with E-state index in [0.717, 1.165) is 6.07 Å². The lowest BCUT2D eigenvalue weighted by Crippen LogP contribution is -2.21. The van der Waals surface area contributed by atoms with E-state index in [2.05, 4.69) is 10.1 Å². The normalized spacial score (nSPS) is 13.3. The highest BCUT2D eigenvalue weighted by Crippen LogP contribution is 2.26. The summed E-state index contributed by atoms with van der Waals surface area (Å²) in [4.78, 5) is 0. The van der Waals surface area contributed by atoms with Crippen LogP contribution in [0.15, 0.2) is 18.2 Å². The lowest BCUT2D eigenvalue weighted by atomic mass is 10.1. The van der Waals surface area contributed by atoms with Crippen LogP contribution in [0.3, 0.4) is 0 Å². The number of ether oxygens (including phenoxy) is 2. The summed E-state index contributed by atoms with van der Waals surface area (Å²) in [5.41, 5.74) is 0.656. The minimum Gasteiger partial charge on any atom is -0.467 e. The van der Waals surface area contributed by atoms with Gasteiger partial charge in [0.1, 0.15) is 18.2 Å². The van der Waals surface area contributed by atoms with Gasteiger partial charge in [0.2, 0.25) is 0 Å². The molecule has 7 heteroatoms. The van der Waals surface area contributed by atoms with E-state index >= 15 is 0 Å². The van der Waals surface area contributed by atoms with E-state index in [1.807, 2.05) is 13.8 Å². The van der Waals surface area contributed by atoms with E-state index in [9.17, 15) is 17.6 Å². The van der Waals surface area contributed by atoms with Crippen molar-refractivity contribution in [2.75, 3.05) is 19.9 Å². The highest BCUT2D eigenvalue weighted by molar-refractivity contribution is 5.36. The zero-order chi connectivity index (χ0) is 15.2. The Labute approximate surface area is 114 Å². The predicted molar refractivity (Wildman–Crippen MR) is 66.0 cm³/mol. The maximum absolute atomic E-state index is 13.2. The molecule has 1 aromatic rings. The minimum atomic E-state index is -4.41. The second kappa shape index (κ2) is 7.44. The first-order valence-corrected chi connectivity index (χ1v) is 6.13. The minimum absolute atomic E-state index is 0.113. The topological polar surface area (TPSA) is 30.5 Å². The van der Waals surface area contributed by atoms with Gasteiger partial charge in [-0.2, -0.15) is 13.2 Å². The first-order chi connectivity index (χ1) is 9.33. The molecule has 0 saturated heterocycles. The third-order valence-electron chi connectivity index (χ3n) is 2.52. The van der Waals surface area contributed by atoms with Gasteiger partial charge in [0.05, 0.1) is 0 Å². The Kier molecular flexibility index (Phi) is 6.22. The predicted octanol–water partition coefficient (Wildman–Crippen LogP) is 3.41. The van der Waals surface area contributed by atoms with Crippen LogP contribution in [0.2, 0.25) is 0 Å². The van der Waals surface area contributed by atoms with Gasteiger partial charge in [-0.25, -0.2) is 4.39 Å². The molecule has 0 spiro atoms. The van der Waals surface area contributed by atoms with Gasteiger partial charge < -0.3 is 14.8 Å². The molecule has 0 aromatic heterocycles. The molecule has 0 heterocycles. The largest absolute Gasteiger partial charge is 0.467 e. The van der Waals surface area contributed by atoms with E-state index in [0.29, 0.717) is 12.1 Å². The van der Waals surface area contributed by atoms with Gasteiger partial charge in [-0.3, -0.25) is 0 Å². The molecule has 0 aliphatic carbocycles. The van der Waals surface area contributed by atoms with Gasteiger partial charge in [-0.1, -0.05) is 13.0 Å². The fourth-order valence-electron chi connectivity index (χ4n) is 1.67. The Balaban J connectivity index is 2.65. The smallest absolute Gasteiger partial charge is 0.411 e. The molecule has 114 valence electrons. The second-order valence-electron chi connectivity index (χ2n) is 4.19. The summed E-state index contributed by atoms with van der Waals surface area (Å²) in [5.74, 6) is -0.358. The number of benzene rings is 1. The van der Waals surface area contributed by atoms with Gasteiger partial charge in [-0.05, 0) is 19.5 Å². The van der Waals surface area contributed by atoms with Crippen molar-refractivity contribution in [3.05, 3.63) is 29.6 Å². The average molecular weight is 295 g/mol. The maximum Gasteiger partial charge on any atom is 0.411 e. The van der Waals surface area contributed by atoms with Gasteiger partial charge in [0.15, 0.2) is 6.79 Å². The molecule has 0 amide bonds. The first kappa shape index (κ1) is 16.7. The second-order valence-corrected chi connectivity index (χ2v) is 4.19. The molecule has 1 aromatic carbocycles. The molecule has 0 saturated carbocycles. The highest BCUT2D eigenvalue weighted by atomic mass is 19.4. The van der Waals surface area contributed by atoms with Crippen LogP contribution in [0.25, 0.3) is 0 Å². The number of hydrogen-bond acceptors (Lipinski definition) is 3. The average Bonchev–Trinajstić information content (AvgIpc) is 2.34. The highest BCUT2D eigenvalue weighted by Gasteiger charge is 2.27. The van der Waals surface area contributed by atoms with Crippen LogP contribution in [0.5, 0.6) is 5.75 Å². The Bertz CT molecular complexity index is 423. The van der Waals surface area contributed by atoms with Crippen LogP contribution in [0, 0.1) is 5.82 Å². The van der Waals surface area contributed by atoms with E-state index in [4.69, 9.17) is 4.74 Å². The number of rotatable bonds is 7. The Morgan fingerprint density at radius 2 is 2.00 bits per heavy atom. The third-order valence-corrected chi connectivity index (χ3v) is 2.52. The van der Waals surface area contributed by atoms with Gasteiger partial charge in [0, 0.05) is 17.7 Å². The first-order valence-electron chi connectivity index (χ1n) is 6.13.